The van der Waals surface area contributed by atoms with Crippen molar-refractivity contribution in [1.29, 1.82) is 0 Å². The van der Waals surface area contributed by atoms with E-state index in [2.05, 4.69) is 0 Å². The number of hydrogen-bond donors (Lipinski definition) is 2. The zero-order valence-electron chi connectivity index (χ0n) is 23.6. The maximum atomic E-state index is 13.5. The second-order valence-corrected chi connectivity index (χ2v) is 14.6. The van der Waals surface area contributed by atoms with Gasteiger partial charge in [0.15, 0.2) is 0 Å². The number of benzene rings is 2. The Kier molecular flexibility index (Phi) is 9.93. The molecule has 0 spiro atoms. The topological polar surface area (TPSA) is 119 Å². The molecule has 2 atom stereocenters. The van der Waals surface area contributed by atoms with Crippen molar-refractivity contribution < 1.29 is 27.8 Å². The fourth-order valence-corrected chi connectivity index (χ4v) is 8.04. The molecular weight excluding hydrogens is 547 g/mol. The van der Waals surface area contributed by atoms with Crippen molar-refractivity contribution in [3.8, 4) is 5.75 Å². The molecule has 40 heavy (non-hydrogen) atoms. The fourth-order valence-electron chi connectivity index (χ4n) is 5.23. The van der Waals surface area contributed by atoms with Crippen LogP contribution in [0.2, 0.25) is 0 Å². The van der Waals surface area contributed by atoms with Crippen LogP contribution in [-0.2, 0) is 26.1 Å². The zero-order valence-corrected chi connectivity index (χ0v) is 25.4. The van der Waals surface area contributed by atoms with Crippen LogP contribution in [0, 0.1) is 12.3 Å². The minimum atomic E-state index is -3.79. The van der Waals surface area contributed by atoms with Gasteiger partial charge in [-0.05, 0) is 73.9 Å². The number of para-hydroxylation sites is 1. The van der Waals surface area contributed by atoms with Crippen LogP contribution >= 0.6 is 8.58 Å². The van der Waals surface area contributed by atoms with Gasteiger partial charge in [0, 0.05) is 18.8 Å². The summed E-state index contributed by atoms with van der Waals surface area (Å²) in [6, 6.07) is 12.2. The molecule has 1 saturated carbocycles. The van der Waals surface area contributed by atoms with Gasteiger partial charge in [-0.25, -0.2) is 8.42 Å². The van der Waals surface area contributed by atoms with Crippen LogP contribution in [-0.4, -0.2) is 49.2 Å². The van der Waals surface area contributed by atoms with Gasteiger partial charge >= 0.3 is 5.97 Å². The summed E-state index contributed by atoms with van der Waals surface area (Å²) in [4.78, 5) is 12.4. The number of carboxylic acids is 1. The highest BCUT2D eigenvalue weighted by Gasteiger charge is 2.39. The van der Waals surface area contributed by atoms with Crippen molar-refractivity contribution in [3.63, 3.8) is 0 Å². The number of nitrogens with zero attached hydrogens (tertiary/aromatic N) is 1. The minimum absolute atomic E-state index is 0.124. The molecule has 0 amide bonds. The summed E-state index contributed by atoms with van der Waals surface area (Å²) in [6.45, 7) is 5.88. The van der Waals surface area contributed by atoms with E-state index in [1.165, 1.54) is 36.4 Å². The van der Waals surface area contributed by atoms with Gasteiger partial charge in [0.2, 0.25) is 10.0 Å². The summed E-state index contributed by atoms with van der Waals surface area (Å²) in [5, 5.41) is 10.1. The largest absolute Gasteiger partial charge is 0.491 e. The van der Waals surface area contributed by atoms with Gasteiger partial charge in [-0.3, -0.25) is 4.79 Å². The smallest absolute Gasteiger partial charge is 0.312 e. The van der Waals surface area contributed by atoms with E-state index >= 15 is 0 Å². The Labute approximate surface area is 239 Å². The monoisotopic (exact) mass is 588 g/mol. The molecule has 2 unspecified atom stereocenters. The summed E-state index contributed by atoms with van der Waals surface area (Å²) in [7, 11) is -3.15. The van der Waals surface area contributed by atoms with Crippen molar-refractivity contribution in [2.45, 2.75) is 76.1 Å². The average Bonchev–Trinajstić information content (AvgIpc) is 3.05. The lowest BCUT2D eigenvalue weighted by molar-refractivity contribution is -0.156. The Morgan fingerprint density at radius 1 is 1.23 bits per heavy atom. The summed E-state index contributed by atoms with van der Waals surface area (Å²) < 4.78 is 40.3. The Morgan fingerprint density at radius 2 is 1.95 bits per heavy atom. The van der Waals surface area contributed by atoms with E-state index < -0.39 is 27.5 Å². The molecule has 1 fully saturated rings. The molecule has 1 aliphatic heterocycles. The number of carbonyl (C=O) groups is 1. The second-order valence-electron chi connectivity index (χ2n) is 11.3. The van der Waals surface area contributed by atoms with E-state index in [9.17, 15) is 18.3 Å². The maximum Gasteiger partial charge on any atom is 0.312 e. The predicted octanol–water partition coefficient (Wildman–Crippen LogP) is 5.56. The molecule has 2 aromatic rings. The van der Waals surface area contributed by atoms with Crippen molar-refractivity contribution in [2.24, 2.45) is 11.1 Å². The summed E-state index contributed by atoms with van der Waals surface area (Å²) in [5.41, 5.74) is 8.68. The molecule has 0 aromatic heterocycles. The van der Waals surface area contributed by atoms with Crippen LogP contribution < -0.4 is 10.5 Å². The third kappa shape index (κ3) is 7.06. The molecule has 0 saturated heterocycles. The van der Waals surface area contributed by atoms with E-state index in [1.54, 1.807) is 38.1 Å². The molecule has 3 N–H and O–H groups in total. The van der Waals surface area contributed by atoms with Crippen LogP contribution in [0.5, 0.6) is 5.75 Å². The Hall–Kier alpha value is -2.45. The van der Waals surface area contributed by atoms with Gasteiger partial charge in [0.05, 0.1) is 18.1 Å². The van der Waals surface area contributed by atoms with E-state index in [0.29, 0.717) is 31.2 Å². The molecule has 1 heterocycles. The quantitative estimate of drug-likeness (QED) is 0.349. The number of fused-ring (bicyclic) bond motifs is 1. The highest BCUT2D eigenvalue weighted by Crippen LogP contribution is 2.39. The van der Waals surface area contributed by atoms with Crippen LogP contribution in [0.25, 0.3) is 0 Å². The predicted molar refractivity (Wildman–Crippen MR) is 158 cm³/mol. The van der Waals surface area contributed by atoms with Crippen molar-refractivity contribution in [2.75, 3.05) is 19.8 Å². The molecule has 1 aliphatic carbocycles. The Balaban J connectivity index is 1.57. The van der Waals surface area contributed by atoms with E-state index in [0.717, 1.165) is 11.1 Å². The van der Waals surface area contributed by atoms with Gasteiger partial charge in [-0.2, -0.15) is 4.31 Å². The van der Waals surface area contributed by atoms with Gasteiger partial charge in [0.1, 0.15) is 17.3 Å². The van der Waals surface area contributed by atoms with Gasteiger partial charge in [-0.15, -0.1) is 0 Å². The summed E-state index contributed by atoms with van der Waals surface area (Å²) in [6.07, 6.45) is 5.51. The van der Waals surface area contributed by atoms with Gasteiger partial charge < -0.3 is 20.3 Å². The Bertz CT molecular complexity index is 1340. The third-order valence-electron chi connectivity index (χ3n) is 7.82. The average molecular weight is 589 g/mol. The molecule has 8 nitrogen and oxygen atoms in total. The van der Waals surface area contributed by atoms with Crippen molar-refractivity contribution in [3.05, 3.63) is 70.7 Å². The molecule has 0 bridgehead atoms. The number of aliphatic carboxylic acids is 1. The first kappa shape index (κ1) is 30.5. The van der Waals surface area contributed by atoms with Gasteiger partial charge in [0.25, 0.3) is 0 Å². The SMILES string of the molecule is Cc1ccc(C(OC/C(N)=C/PC2CCCCC2)C(C)(C)C(=O)O)cc1CN1CCOc2ccccc2S1(=O)=O. The highest BCUT2D eigenvalue weighted by molar-refractivity contribution is 7.89. The number of nitrogens with two attached hydrogens (primary N) is 1. The second kappa shape index (κ2) is 13.0. The normalized spacial score (nSPS) is 19.6. The first-order valence-electron chi connectivity index (χ1n) is 13.9. The lowest BCUT2D eigenvalue weighted by Gasteiger charge is -2.32. The summed E-state index contributed by atoms with van der Waals surface area (Å²) >= 11 is 0. The maximum absolute atomic E-state index is 13.5. The van der Waals surface area contributed by atoms with E-state index in [4.69, 9.17) is 15.2 Å². The molecule has 0 radical (unpaired) electrons. The molecule has 10 heteroatoms. The van der Waals surface area contributed by atoms with Crippen molar-refractivity contribution in [1.82, 2.24) is 4.31 Å². The number of ether oxygens (including phenoxy) is 2. The van der Waals surface area contributed by atoms with Gasteiger partial charge in [-0.1, -0.05) is 58.2 Å². The lowest BCUT2D eigenvalue weighted by atomic mass is 9.81. The first-order chi connectivity index (χ1) is 19.0. The van der Waals surface area contributed by atoms with E-state index in [-0.39, 0.29) is 31.2 Å². The van der Waals surface area contributed by atoms with Crippen LogP contribution in [0.1, 0.15) is 68.7 Å². The lowest BCUT2D eigenvalue weighted by Crippen LogP contribution is -2.34. The van der Waals surface area contributed by atoms with Crippen LogP contribution in [0.3, 0.4) is 0 Å². The van der Waals surface area contributed by atoms with Crippen LogP contribution in [0.4, 0.5) is 0 Å². The molecule has 4 rings (SSSR count). The third-order valence-corrected chi connectivity index (χ3v) is 11.3. The fraction of sp³-hybridized carbons (Fsp3) is 0.500. The molecular formula is C30H41N2O6PS. The first-order valence-corrected chi connectivity index (χ1v) is 16.5. The number of sulfonamides is 1. The Morgan fingerprint density at radius 3 is 2.67 bits per heavy atom. The van der Waals surface area contributed by atoms with Crippen LogP contribution in [0.15, 0.2) is 58.9 Å². The zero-order chi connectivity index (χ0) is 28.9. The molecule has 2 aromatic carbocycles. The summed E-state index contributed by atoms with van der Waals surface area (Å²) in [5.74, 6) is 1.41. The highest BCUT2D eigenvalue weighted by atomic mass is 32.2. The number of rotatable bonds is 10. The molecule has 2 aliphatic rings. The number of carboxylic acid groups (broad SMARTS) is 1. The number of hydrogen-bond acceptors (Lipinski definition) is 6. The molecule has 218 valence electrons. The number of aryl methyl sites for hydroxylation is 1. The minimum Gasteiger partial charge on any atom is -0.491 e. The van der Waals surface area contributed by atoms with Crippen molar-refractivity contribution >= 4 is 24.6 Å². The standard InChI is InChI=1S/C30H41N2O6PS/c1-21-13-14-22(17-23(21)18-32-15-16-37-26-11-7-8-12-27(26)40(32,35)36)28(30(2,3)29(33)34)38-19-24(31)20-39-25-9-5-4-6-10-25/h7-8,11-14,17,20,25,28,39H,4-6,9-10,15-16,18-19,31H2,1-3H3,(H,33,34)/b24-20-. The van der Waals surface area contributed by atoms with E-state index in [1.807, 2.05) is 30.9 Å².